The molecule has 0 unspecified atom stereocenters. The number of fused-ring (bicyclic) bond motifs is 1. The first kappa shape index (κ1) is 23.9. The molecule has 0 saturated carbocycles. The predicted octanol–water partition coefficient (Wildman–Crippen LogP) is 4.79. The third-order valence-electron chi connectivity index (χ3n) is 6.78. The molecular weight excluding hydrogens is 428 g/mol. The quantitative estimate of drug-likeness (QED) is 0.478. The lowest BCUT2D eigenvalue weighted by Crippen LogP contribution is -2.44. The van der Waals surface area contributed by atoms with Crippen LogP contribution in [0, 0.1) is 11.8 Å². The fourth-order valence-corrected chi connectivity index (χ4v) is 4.85. The smallest absolute Gasteiger partial charge is 0.308 e. The first-order valence-electron chi connectivity index (χ1n) is 11.8. The van der Waals surface area contributed by atoms with Gasteiger partial charge >= 0.3 is 5.97 Å². The highest BCUT2D eigenvalue weighted by atomic mass is 16.5. The van der Waals surface area contributed by atoms with Gasteiger partial charge in [-0.1, -0.05) is 42.5 Å². The fourth-order valence-electron chi connectivity index (χ4n) is 4.85. The molecular formula is C28H32N2O4. The number of aliphatic hydroxyl groups excluding tert-OH is 1. The number of likely N-dealkylation sites (tertiary alicyclic amines) is 1. The Morgan fingerprint density at radius 3 is 2.82 bits per heavy atom. The first-order chi connectivity index (χ1) is 16.5. The van der Waals surface area contributed by atoms with Crippen LogP contribution in [0.25, 0.3) is 17.0 Å². The number of piperidine rings is 1. The van der Waals surface area contributed by atoms with Gasteiger partial charge in [-0.05, 0) is 67.1 Å². The molecule has 0 spiro atoms. The van der Waals surface area contributed by atoms with Crippen molar-refractivity contribution in [1.29, 1.82) is 0 Å². The van der Waals surface area contributed by atoms with Gasteiger partial charge in [-0.3, -0.25) is 14.7 Å². The van der Waals surface area contributed by atoms with Gasteiger partial charge in [0.05, 0.1) is 24.6 Å². The zero-order valence-corrected chi connectivity index (χ0v) is 19.5. The molecule has 4 rings (SSSR count). The van der Waals surface area contributed by atoms with Gasteiger partial charge in [-0.25, -0.2) is 0 Å². The molecule has 0 aliphatic carbocycles. The van der Waals surface area contributed by atoms with E-state index < -0.39 is 18.0 Å². The number of hydrogen-bond donors (Lipinski definition) is 2. The average Bonchev–Trinajstić information content (AvgIpc) is 2.87. The third kappa shape index (κ3) is 5.82. The molecule has 1 saturated heterocycles. The summed E-state index contributed by atoms with van der Waals surface area (Å²) in [6.45, 7) is 2.13. The lowest BCUT2D eigenvalue weighted by atomic mass is 9.81. The van der Waals surface area contributed by atoms with Crippen molar-refractivity contribution < 1.29 is 19.7 Å². The summed E-state index contributed by atoms with van der Waals surface area (Å²) in [6, 6.07) is 17.6. The number of pyridine rings is 1. The van der Waals surface area contributed by atoms with Gasteiger partial charge in [0.25, 0.3) is 0 Å². The largest absolute Gasteiger partial charge is 0.497 e. The molecule has 1 aromatic heterocycles. The zero-order valence-electron chi connectivity index (χ0n) is 19.5. The minimum absolute atomic E-state index is 0.0455. The molecule has 0 amide bonds. The number of hydrogen-bond acceptors (Lipinski definition) is 5. The Kier molecular flexibility index (Phi) is 7.93. The van der Waals surface area contributed by atoms with Crippen LogP contribution < -0.4 is 4.74 Å². The Labute approximate surface area is 200 Å². The van der Waals surface area contributed by atoms with E-state index in [1.807, 2.05) is 42.5 Å². The Hall–Kier alpha value is -3.22. The molecule has 6 heteroatoms. The monoisotopic (exact) mass is 460 g/mol. The van der Waals surface area contributed by atoms with Gasteiger partial charge in [0.2, 0.25) is 0 Å². The minimum Gasteiger partial charge on any atom is -0.497 e. The number of ether oxygens (including phenoxy) is 1. The maximum Gasteiger partial charge on any atom is 0.308 e. The highest BCUT2D eigenvalue weighted by Gasteiger charge is 2.34. The molecule has 0 bridgehead atoms. The number of nitrogens with zero attached hydrogens (tertiary/aromatic N) is 2. The fraction of sp³-hybridized carbons (Fsp3) is 0.357. The number of carbonyl (C=O) groups is 1. The van der Waals surface area contributed by atoms with Crippen molar-refractivity contribution >= 4 is 22.9 Å². The summed E-state index contributed by atoms with van der Waals surface area (Å²) in [7, 11) is 1.61. The molecule has 178 valence electrons. The maximum absolute atomic E-state index is 12.0. The van der Waals surface area contributed by atoms with Crippen LogP contribution >= 0.6 is 0 Å². The molecule has 3 aromatic rings. The van der Waals surface area contributed by atoms with Crippen LogP contribution in [-0.2, 0) is 4.79 Å². The van der Waals surface area contributed by atoms with Crippen LogP contribution in [0.15, 0.2) is 66.9 Å². The summed E-state index contributed by atoms with van der Waals surface area (Å²) >= 11 is 0. The van der Waals surface area contributed by atoms with Crippen LogP contribution in [0.5, 0.6) is 5.75 Å². The standard InChI is InChI=1S/C28H32N2O4/c1-34-22-10-11-26-24(18-22)23(13-15-29-26)27(31)12-9-21-14-17-30(19-25(21)28(32)33)16-5-8-20-6-3-2-4-7-20/h2-8,10-11,13,15,18,21,25,27,31H,9,12,14,16-17,19H2,1H3,(H,32,33)/b8-5+/t21-,25+,27+/m1/s1. The van der Waals surface area contributed by atoms with Crippen LogP contribution in [0.2, 0.25) is 0 Å². The summed E-state index contributed by atoms with van der Waals surface area (Å²) in [4.78, 5) is 18.6. The second-order valence-electron chi connectivity index (χ2n) is 8.94. The highest BCUT2D eigenvalue weighted by Crippen LogP contribution is 2.33. The molecule has 2 heterocycles. The number of aliphatic hydroxyl groups is 1. The SMILES string of the molecule is COc1ccc2nccc([C@@H](O)CC[C@@H]3CCN(C/C=C/c4ccccc4)C[C@@H]3C(=O)O)c2c1. The highest BCUT2D eigenvalue weighted by molar-refractivity contribution is 5.83. The summed E-state index contributed by atoms with van der Waals surface area (Å²) < 4.78 is 5.33. The van der Waals surface area contributed by atoms with Gasteiger partial charge in [-0.2, -0.15) is 0 Å². The zero-order chi connectivity index (χ0) is 23.9. The molecule has 6 nitrogen and oxygen atoms in total. The van der Waals surface area contributed by atoms with E-state index in [0.717, 1.165) is 41.5 Å². The van der Waals surface area contributed by atoms with Crippen LogP contribution in [-0.4, -0.2) is 52.8 Å². The summed E-state index contributed by atoms with van der Waals surface area (Å²) in [6.07, 6.45) is 7.19. The van der Waals surface area contributed by atoms with Crippen molar-refractivity contribution in [3.05, 3.63) is 78.0 Å². The number of aliphatic carboxylic acids is 1. The Morgan fingerprint density at radius 2 is 2.06 bits per heavy atom. The van der Waals surface area contributed by atoms with Gasteiger partial charge in [0, 0.05) is 24.7 Å². The van der Waals surface area contributed by atoms with Crippen molar-refractivity contribution in [1.82, 2.24) is 9.88 Å². The van der Waals surface area contributed by atoms with Crippen LogP contribution in [0.4, 0.5) is 0 Å². The van der Waals surface area contributed by atoms with Crippen molar-refractivity contribution in [2.45, 2.75) is 25.4 Å². The van der Waals surface area contributed by atoms with Crippen molar-refractivity contribution in [2.24, 2.45) is 11.8 Å². The molecule has 1 fully saturated rings. The van der Waals surface area contributed by atoms with Crippen molar-refractivity contribution in [3.63, 3.8) is 0 Å². The molecule has 0 radical (unpaired) electrons. The van der Waals surface area contributed by atoms with Gasteiger partial charge in [0.1, 0.15) is 5.75 Å². The molecule has 3 atom stereocenters. The van der Waals surface area contributed by atoms with Crippen LogP contribution in [0.3, 0.4) is 0 Å². The maximum atomic E-state index is 12.0. The van der Waals surface area contributed by atoms with E-state index in [2.05, 4.69) is 34.2 Å². The number of benzene rings is 2. The van der Waals surface area contributed by atoms with Crippen LogP contribution in [0.1, 0.15) is 36.5 Å². The van der Waals surface area contributed by atoms with Crippen molar-refractivity contribution in [2.75, 3.05) is 26.7 Å². The minimum atomic E-state index is -0.754. The van der Waals surface area contributed by atoms with E-state index in [0.29, 0.717) is 25.1 Å². The van der Waals surface area contributed by atoms with E-state index >= 15 is 0 Å². The number of aromatic nitrogens is 1. The average molecular weight is 461 g/mol. The number of carboxylic acids is 1. The topological polar surface area (TPSA) is 82.9 Å². The Morgan fingerprint density at radius 1 is 1.24 bits per heavy atom. The number of rotatable bonds is 9. The predicted molar refractivity (Wildman–Crippen MR) is 134 cm³/mol. The van der Waals surface area contributed by atoms with Gasteiger partial charge in [0.15, 0.2) is 0 Å². The lowest BCUT2D eigenvalue weighted by molar-refractivity contribution is -0.146. The van der Waals surface area contributed by atoms with E-state index in [4.69, 9.17) is 4.74 Å². The van der Waals surface area contributed by atoms with E-state index in [1.165, 1.54) is 0 Å². The summed E-state index contributed by atoms with van der Waals surface area (Å²) in [5.41, 5.74) is 2.75. The van der Waals surface area contributed by atoms with E-state index in [-0.39, 0.29) is 5.92 Å². The second-order valence-corrected chi connectivity index (χ2v) is 8.94. The molecule has 34 heavy (non-hydrogen) atoms. The lowest BCUT2D eigenvalue weighted by Gasteiger charge is -2.36. The first-order valence-corrected chi connectivity index (χ1v) is 11.8. The second kappa shape index (κ2) is 11.3. The number of methoxy groups -OCH3 is 1. The molecule has 2 aromatic carbocycles. The molecule has 1 aliphatic rings. The van der Waals surface area contributed by atoms with Gasteiger partial charge in [-0.15, -0.1) is 0 Å². The number of carboxylic acid groups (broad SMARTS) is 1. The summed E-state index contributed by atoms with van der Waals surface area (Å²) in [5.74, 6) is -0.423. The Balaban J connectivity index is 1.37. The van der Waals surface area contributed by atoms with Crippen molar-refractivity contribution in [3.8, 4) is 5.75 Å². The normalized spacial score (nSPS) is 19.9. The third-order valence-corrected chi connectivity index (χ3v) is 6.78. The van der Waals surface area contributed by atoms with E-state index in [1.54, 1.807) is 13.3 Å². The van der Waals surface area contributed by atoms with E-state index in [9.17, 15) is 15.0 Å². The molecule has 1 aliphatic heterocycles. The Bertz CT molecular complexity index is 1130. The molecule has 2 N–H and O–H groups in total. The summed E-state index contributed by atoms with van der Waals surface area (Å²) in [5, 5.41) is 21.7. The van der Waals surface area contributed by atoms with Gasteiger partial charge < -0.3 is 14.9 Å².